The molecule has 0 radical (unpaired) electrons. The first-order valence-electron chi connectivity index (χ1n) is 7.87. The number of halogens is 3. The summed E-state index contributed by atoms with van der Waals surface area (Å²) in [6, 6.07) is 2.31. The number of carbonyl (C=O) groups excluding carboxylic acids is 1. The number of nitrogens with one attached hydrogen (secondary N) is 3. The molecule has 138 valence electrons. The molecule has 1 saturated heterocycles. The molecule has 0 spiro atoms. The number of alkyl halides is 3. The van der Waals surface area contributed by atoms with Crippen LogP contribution in [0.25, 0.3) is 0 Å². The SMILES string of the molecule is O=C(CCNc1ccc(C(F)(F)F)cc1[N+](=O)[O-])N[C@H]1CCCNC1. The summed E-state index contributed by atoms with van der Waals surface area (Å²) in [6.07, 6.45) is -2.73. The van der Waals surface area contributed by atoms with Crippen LogP contribution in [-0.4, -0.2) is 36.5 Å². The van der Waals surface area contributed by atoms with Gasteiger partial charge < -0.3 is 16.0 Å². The maximum atomic E-state index is 12.6. The Kier molecular flexibility index (Phi) is 6.18. The Labute approximate surface area is 142 Å². The van der Waals surface area contributed by atoms with Crippen LogP contribution in [0.3, 0.4) is 0 Å². The molecule has 1 fully saturated rings. The molecule has 0 bridgehead atoms. The fourth-order valence-corrected chi connectivity index (χ4v) is 2.59. The number of nitro benzene ring substituents is 1. The molecule has 1 aromatic carbocycles. The van der Waals surface area contributed by atoms with Gasteiger partial charge in [-0.25, -0.2) is 0 Å². The summed E-state index contributed by atoms with van der Waals surface area (Å²) in [5.41, 5.74) is -1.82. The van der Waals surface area contributed by atoms with E-state index >= 15 is 0 Å². The zero-order chi connectivity index (χ0) is 18.4. The quantitative estimate of drug-likeness (QED) is 0.534. The molecule has 25 heavy (non-hydrogen) atoms. The Morgan fingerprint density at radius 3 is 2.76 bits per heavy atom. The second-order valence-corrected chi connectivity index (χ2v) is 5.77. The number of piperidine rings is 1. The van der Waals surface area contributed by atoms with Crippen molar-refractivity contribution < 1.29 is 22.9 Å². The lowest BCUT2D eigenvalue weighted by Gasteiger charge is -2.23. The van der Waals surface area contributed by atoms with Crippen LogP contribution in [0, 0.1) is 10.1 Å². The van der Waals surface area contributed by atoms with Gasteiger partial charge >= 0.3 is 6.18 Å². The van der Waals surface area contributed by atoms with Crippen molar-refractivity contribution in [3.8, 4) is 0 Å². The molecule has 2 rings (SSSR count). The standard InChI is InChI=1S/C15H19F3N4O3/c16-15(17,18)10-3-4-12(13(8-10)22(24)25)20-7-5-14(23)21-11-2-1-6-19-9-11/h3-4,8,11,19-20H,1-2,5-7,9H2,(H,21,23)/t11-/m0/s1. The zero-order valence-electron chi connectivity index (χ0n) is 13.4. The number of hydrogen-bond acceptors (Lipinski definition) is 5. The smallest absolute Gasteiger partial charge is 0.379 e. The van der Waals surface area contributed by atoms with Gasteiger partial charge in [0.15, 0.2) is 0 Å². The van der Waals surface area contributed by atoms with E-state index in [9.17, 15) is 28.1 Å². The summed E-state index contributed by atoms with van der Waals surface area (Å²) >= 11 is 0. The predicted octanol–water partition coefficient (Wildman–Crippen LogP) is 2.28. The van der Waals surface area contributed by atoms with E-state index in [0.717, 1.165) is 31.5 Å². The highest BCUT2D eigenvalue weighted by atomic mass is 19.4. The van der Waals surface area contributed by atoms with Crippen molar-refractivity contribution in [1.29, 1.82) is 0 Å². The molecular weight excluding hydrogens is 341 g/mol. The Morgan fingerprint density at radius 2 is 2.16 bits per heavy atom. The maximum absolute atomic E-state index is 12.6. The van der Waals surface area contributed by atoms with Crippen molar-refractivity contribution in [2.24, 2.45) is 0 Å². The second-order valence-electron chi connectivity index (χ2n) is 5.77. The zero-order valence-corrected chi connectivity index (χ0v) is 13.4. The molecule has 10 heteroatoms. The van der Waals surface area contributed by atoms with Gasteiger partial charge in [0.1, 0.15) is 5.69 Å². The summed E-state index contributed by atoms with van der Waals surface area (Å²) in [5, 5.41) is 19.6. The van der Waals surface area contributed by atoms with Gasteiger partial charge in [0.2, 0.25) is 5.91 Å². The van der Waals surface area contributed by atoms with Crippen molar-refractivity contribution in [1.82, 2.24) is 10.6 Å². The first kappa shape index (κ1) is 19.0. The highest BCUT2D eigenvalue weighted by Gasteiger charge is 2.33. The molecule has 1 atom stereocenters. The highest BCUT2D eigenvalue weighted by molar-refractivity contribution is 5.77. The van der Waals surface area contributed by atoms with Crippen LogP contribution in [0.15, 0.2) is 18.2 Å². The lowest BCUT2D eigenvalue weighted by molar-refractivity contribution is -0.384. The van der Waals surface area contributed by atoms with Crippen LogP contribution in [-0.2, 0) is 11.0 Å². The average molecular weight is 360 g/mol. The van der Waals surface area contributed by atoms with Gasteiger partial charge in [-0.3, -0.25) is 14.9 Å². The van der Waals surface area contributed by atoms with Gasteiger partial charge in [0, 0.05) is 31.6 Å². The normalized spacial score (nSPS) is 17.8. The van der Waals surface area contributed by atoms with E-state index in [-0.39, 0.29) is 30.6 Å². The number of nitro groups is 1. The summed E-state index contributed by atoms with van der Waals surface area (Å²) in [6.45, 7) is 1.70. The fraction of sp³-hybridized carbons (Fsp3) is 0.533. The summed E-state index contributed by atoms with van der Waals surface area (Å²) in [4.78, 5) is 21.9. The average Bonchev–Trinajstić information content (AvgIpc) is 2.54. The number of amides is 1. The molecule has 0 aliphatic carbocycles. The van der Waals surface area contributed by atoms with Gasteiger partial charge in [-0.05, 0) is 31.5 Å². The predicted molar refractivity (Wildman–Crippen MR) is 85.2 cm³/mol. The third kappa shape index (κ3) is 5.59. The van der Waals surface area contributed by atoms with Crippen molar-refractivity contribution in [3.63, 3.8) is 0 Å². The van der Waals surface area contributed by atoms with E-state index in [1.165, 1.54) is 0 Å². The Hall–Kier alpha value is -2.36. The molecule has 1 aliphatic heterocycles. The molecule has 7 nitrogen and oxygen atoms in total. The van der Waals surface area contributed by atoms with Crippen LogP contribution in [0.2, 0.25) is 0 Å². The molecular formula is C15H19F3N4O3. The van der Waals surface area contributed by atoms with Crippen molar-refractivity contribution in [2.45, 2.75) is 31.5 Å². The van der Waals surface area contributed by atoms with Crippen LogP contribution in [0.5, 0.6) is 0 Å². The summed E-state index contributed by atoms with van der Waals surface area (Å²) in [7, 11) is 0. The van der Waals surface area contributed by atoms with Crippen LogP contribution >= 0.6 is 0 Å². The molecule has 1 aliphatic rings. The first-order chi connectivity index (χ1) is 11.8. The lowest BCUT2D eigenvalue weighted by Crippen LogP contribution is -2.45. The van der Waals surface area contributed by atoms with Crippen molar-refractivity contribution >= 4 is 17.3 Å². The van der Waals surface area contributed by atoms with E-state index in [4.69, 9.17) is 0 Å². The Morgan fingerprint density at radius 1 is 1.40 bits per heavy atom. The van der Waals surface area contributed by atoms with Crippen molar-refractivity contribution in [2.75, 3.05) is 25.0 Å². The maximum Gasteiger partial charge on any atom is 0.416 e. The monoisotopic (exact) mass is 360 g/mol. The topological polar surface area (TPSA) is 96.3 Å². The fourth-order valence-electron chi connectivity index (χ4n) is 2.59. The minimum Gasteiger partial charge on any atom is -0.379 e. The van der Waals surface area contributed by atoms with Crippen LogP contribution in [0.4, 0.5) is 24.5 Å². The molecule has 0 saturated carbocycles. The lowest BCUT2D eigenvalue weighted by atomic mass is 10.1. The summed E-state index contributed by atoms with van der Waals surface area (Å²) < 4.78 is 37.9. The minimum atomic E-state index is -4.66. The molecule has 1 amide bonds. The number of benzene rings is 1. The molecule has 1 heterocycles. The number of rotatable bonds is 6. The van der Waals surface area contributed by atoms with Crippen molar-refractivity contribution in [3.05, 3.63) is 33.9 Å². The number of carbonyl (C=O) groups is 1. The molecule has 0 unspecified atom stereocenters. The number of hydrogen-bond donors (Lipinski definition) is 3. The van der Waals surface area contributed by atoms with E-state index in [0.29, 0.717) is 12.6 Å². The third-order valence-corrected chi connectivity index (χ3v) is 3.85. The van der Waals surface area contributed by atoms with Gasteiger partial charge in [0.05, 0.1) is 10.5 Å². The highest BCUT2D eigenvalue weighted by Crippen LogP contribution is 2.34. The van der Waals surface area contributed by atoms with Gasteiger partial charge in [0.25, 0.3) is 5.69 Å². The molecule has 0 aromatic heterocycles. The van der Waals surface area contributed by atoms with Gasteiger partial charge in [-0.2, -0.15) is 13.2 Å². The Balaban J connectivity index is 1.91. The molecule has 1 aromatic rings. The number of anilines is 1. The second kappa shape index (κ2) is 8.15. The number of nitrogens with zero attached hydrogens (tertiary/aromatic N) is 1. The first-order valence-corrected chi connectivity index (χ1v) is 7.87. The van der Waals surface area contributed by atoms with Gasteiger partial charge in [-0.15, -0.1) is 0 Å². The largest absolute Gasteiger partial charge is 0.416 e. The Bertz CT molecular complexity index is 631. The van der Waals surface area contributed by atoms with E-state index in [2.05, 4.69) is 16.0 Å². The van der Waals surface area contributed by atoms with E-state index < -0.39 is 22.4 Å². The van der Waals surface area contributed by atoms with E-state index in [1.54, 1.807) is 0 Å². The third-order valence-electron chi connectivity index (χ3n) is 3.85. The minimum absolute atomic E-state index is 0.0508. The van der Waals surface area contributed by atoms with Crippen LogP contribution in [0.1, 0.15) is 24.8 Å². The summed E-state index contributed by atoms with van der Waals surface area (Å²) in [5.74, 6) is -0.212. The van der Waals surface area contributed by atoms with Crippen LogP contribution < -0.4 is 16.0 Å². The van der Waals surface area contributed by atoms with Gasteiger partial charge in [-0.1, -0.05) is 0 Å². The van der Waals surface area contributed by atoms with E-state index in [1.807, 2.05) is 0 Å². The molecule has 3 N–H and O–H groups in total.